The highest BCUT2D eigenvalue weighted by Crippen LogP contribution is 2.37. The van der Waals surface area contributed by atoms with E-state index in [2.05, 4.69) is 24.4 Å². The number of aliphatic hydroxyl groups excluding tert-OH is 1. The molecule has 2 rings (SSSR count). The number of carbonyl (C=O) groups is 1. The van der Waals surface area contributed by atoms with Crippen molar-refractivity contribution in [2.24, 2.45) is 0 Å². The topological polar surface area (TPSA) is 58.6 Å². The highest BCUT2D eigenvalue weighted by Gasteiger charge is 2.42. The summed E-state index contributed by atoms with van der Waals surface area (Å²) in [6, 6.07) is 8.06. The number of ether oxygens (including phenoxy) is 1. The summed E-state index contributed by atoms with van der Waals surface area (Å²) < 4.78 is 5.49. The molecule has 4 heteroatoms. The quantitative estimate of drug-likeness (QED) is 0.878. The van der Waals surface area contributed by atoms with E-state index in [-0.39, 0.29) is 11.9 Å². The number of carbonyl (C=O) groups excluding carboxylic acids is 1. The molecule has 2 unspecified atom stereocenters. The van der Waals surface area contributed by atoms with Crippen molar-refractivity contribution in [2.45, 2.75) is 57.6 Å². The Balaban J connectivity index is 2.26. The minimum atomic E-state index is -0.517. The number of aliphatic hydroxyl groups is 1. The number of benzene rings is 1. The summed E-state index contributed by atoms with van der Waals surface area (Å²) in [7, 11) is 0. The Bertz CT molecular complexity index is 507. The molecule has 0 spiro atoms. The number of hydrogen-bond acceptors (Lipinski definition) is 3. The Morgan fingerprint density at radius 3 is 2.55 bits per heavy atom. The zero-order valence-corrected chi connectivity index (χ0v) is 13.8. The highest BCUT2D eigenvalue weighted by molar-refractivity contribution is 5.89. The van der Waals surface area contributed by atoms with Crippen molar-refractivity contribution in [1.29, 1.82) is 0 Å². The molecular formula is C18H27NO3. The second kappa shape index (κ2) is 7.25. The Morgan fingerprint density at radius 1 is 1.32 bits per heavy atom. The maximum Gasteiger partial charge on any atom is 0.231 e. The predicted octanol–water partition coefficient (Wildman–Crippen LogP) is 2.32. The van der Waals surface area contributed by atoms with Gasteiger partial charge in [0.1, 0.15) is 0 Å². The molecule has 0 aromatic heterocycles. The van der Waals surface area contributed by atoms with Gasteiger partial charge in [-0.2, -0.15) is 0 Å². The summed E-state index contributed by atoms with van der Waals surface area (Å²) in [5, 5.41) is 12.6. The van der Waals surface area contributed by atoms with Gasteiger partial charge >= 0.3 is 0 Å². The van der Waals surface area contributed by atoms with Gasteiger partial charge in [0.2, 0.25) is 5.91 Å². The van der Waals surface area contributed by atoms with Crippen molar-refractivity contribution in [3.8, 4) is 0 Å². The zero-order chi connectivity index (χ0) is 16.2. The molecule has 1 saturated heterocycles. The first-order valence-electron chi connectivity index (χ1n) is 8.08. The first-order valence-corrected chi connectivity index (χ1v) is 8.08. The molecule has 122 valence electrons. The van der Waals surface area contributed by atoms with E-state index in [1.165, 1.54) is 0 Å². The van der Waals surface area contributed by atoms with Gasteiger partial charge in [0, 0.05) is 19.3 Å². The van der Waals surface area contributed by atoms with E-state index in [4.69, 9.17) is 4.74 Å². The van der Waals surface area contributed by atoms with Gasteiger partial charge in [0.05, 0.1) is 11.5 Å². The van der Waals surface area contributed by atoms with E-state index < -0.39 is 11.5 Å². The lowest BCUT2D eigenvalue weighted by Gasteiger charge is -2.38. The van der Waals surface area contributed by atoms with Crippen LogP contribution in [0.15, 0.2) is 24.3 Å². The maximum atomic E-state index is 13.0. The highest BCUT2D eigenvalue weighted by atomic mass is 16.5. The lowest BCUT2D eigenvalue weighted by molar-refractivity contribution is -0.131. The summed E-state index contributed by atoms with van der Waals surface area (Å²) in [6.45, 7) is 6.95. The number of amides is 1. The van der Waals surface area contributed by atoms with E-state index >= 15 is 0 Å². The molecule has 0 saturated carbocycles. The lowest BCUT2D eigenvalue weighted by atomic mass is 9.71. The van der Waals surface area contributed by atoms with Gasteiger partial charge in [-0.15, -0.1) is 0 Å². The molecular weight excluding hydrogens is 278 g/mol. The fraction of sp³-hybridized carbons (Fsp3) is 0.611. The monoisotopic (exact) mass is 305 g/mol. The Hall–Kier alpha value is -1.39. The van der Waals surface area contributed by atoms with Crippen LogP contribution in [0.5, 0.6) is 0 Å². The van der Waals surface area contributed by atoms with Gasteiger partial charge in [0.25, 0.3) is 0 Å². The second-order valence-electron chi connectivity index (χ2n) is 6.47. The average Bonchev–Trinajstić information content (AvgIpc) is 2.47. The summed E-state index contributed by atoms with van der Waals surface area (Å²) in [5.74, 6) is 0.0539. The van der Waals surface area contributed by atoms with Crippen LogP contribution in [-0.4, -0.2) is 36.4 Å². The Labute approximate surface area is 132 Å². The van der Waals surface area contributed by atoms with Crippen molar-refractivity contribution in [3.05, 3.63) is 35.4 Å². The molecule has 0 bridgehead atoms. The molecule has 2 atom stereocenters. The first kappa shape index (κ1) is 17.0. The first-order chi connectivity index (χ1) is 10.5. The van der Waals surface area contributed by atoms with Gasteiger partial charge in [-0.3, -0.25) is 4.79 Å². The third-order valence-corrected chi connectivity index (χ3v) is 4.51. The summed E-state index contributed by atoms with van der Waals surface area (Å²) in [5.41, 5.74) is 1.72. The zero-order valence-electron chi connectivity index (χ0n) is 13.8. The number of hydrogen-bond donors (Lipinski definition) is 2. The van der Waals surface area contributed by atoms with Crippen LogP contribution < -0.4 is 5.32 Å². The van der Waals surface area contributed by atoms with Gasteiger partial charge in [-0.25, -0.2) is 0 Å². The van der Waals surface area contributed by atoms with E-state index in [9.17, 15) is 9.90 Å². The van der Waals surface area contributed by atoms with Crippen LogP contribution in [0.25, 0.3) is 0 Å². The van der Waals surface area contributed by atoms with E-state index in [0.717, 1.165) is 11.1 Å². The van der Waals surface area contributed by atoms with Gasteiger partial charge < -0.3 is 15.2 Å². The Kier molecular flexibility index (Phi) is 5.59. The maximum absolute atomic E-state index is 13.0. The molecule has 1 heterocycles. The van der Waals surface area contributed by atoms with Crippen LogP contribution in [0.4, 0.5) is 0 Å². The van der Waals surface area contributed by atoms with Gasteiger partial charge in [-0.1, -0.05) is 24.3 Å². The molecule has 0 aliphatic carbocycles. The van der Waals surface area contributed by atoms with Crippen molar-refractivity contribution in [2.75, 3.05) is 13.2 Å². The van der Waals surface area contributed by atoms with Crippen LogP contribution >= 0.6 is 0 Å². The fourth-order valence-corrected chi connectivity index (χ4v) is 3.38. The van der Waals surface area contributed by atoms with Gasteiger partial charge in [0.15, 0.2) is 0 Å². The molecule has 1 aromatic carbocycles. The molecule has 1 fully saturated rings. The lowest BCUT2D eigenvalue weighted by Crippen LogP contribution is -2.51. The van der Waals surface area contributed by atoms with Crippen molar-refractivity contribution in [1.82, 2.24) is 5.32 Å². The normalized spacial score (nSPS) is 20.2. The SMILES string of the molecule is Cc1ccccc1C1(C(=O)NC(C)CC(C)O)CCOCC1. The molecule has 4 nitrogen and oxygen atoms in total. The van der Waals surface area contributed by atoms with E-state index in [1.807, 2.05) is 19.1 Å². The third kappa shape index (κ3) is 3.68. The molecule has 1 aliphatic rings. The molecule has 22 heavy (non-hydrogen) atoms. The minimum absolute atomic E-state index is 0.0451. The summed E-state index contributed by atoms with van der Waals surface area (Å²) in [4.78, 5) is 13.0. The largest absolute Gasteiger partial charge is 0.393 e. The van der Waals surface area contributed by atoms with E-state index in [1.54, 1.807) is 6.92 Å². The second-order valence-corrected chi connectivity index (χ2v) is 6.47. The van der Waals surface area contributed by atoms with Crippen LogP contribution in [0, 0.1) is 6.92 Å². The van der Waals surface area contributed by atoms with Crippen LogP contribution in [-0.2, 0) is 14.9 Å². The molecule has 1 aromatic rings. The molecule has 2 N–H and O–H groups in total. The van der Waals surface area contributed by atoms with E-state index in [0.29, 0.717) is 32.5 Å². The fourth-order valence-electron chi connectivity index (χ4n) is 3.38. The Morgan fingerprint density at radius 2 is 1.95 bits per heavy atom. The minimum Gasteiger partial charge on any atom is -0.393 e. The van der Waals surface area contributed by atoms with Crippen molar-refractivity contribution < 1.29 is 14.6 Å². The average molecular weight is 305 g/mol. The molecule has 1 amide bonds. The number of nitrogens with one attached hydrogen (secondary N) is 1. The smallest absolute Gasteiger partial charge is 0.231 e. The number of rotatable bonds is 5. The standard InChI is InChI=1S/C18H27NO3/c1-13-6-4-5-7-16(13)18(8-10-22-11-9-18)17(21)19-14(2)12-15(3)20/h4-7,14-15,20H,8-12H2,1-3H3,(H,19,21). The number of aryl methyl sites for hydroxylation is 1. The van der Waals surface area contributed by atoms with Crippen molar-refractivity contribution in [3.63, 3.8) is 0 Å². The molecule has 0 radical (unpaired) electrons. The summed E-state index contributed by atoms with van der Waals surface area (Å²) in [6.07, 6.45) is 1.54. The van der Waals surface area contributed by atoms with Crippen LogP contribution in [0.1, 0.15) is 44.2 Å². The summed E-state index contributed by atoms with van der Waals surface area (Å²) >= 11 is 0. The van der Waals surface area contributed by atoms with Crippen molar-refractivity contribution >= 4 is 5.91 Å². The van der Waals surface area contributed by atoms with Crippen LogP contribution in [0.3, 0.4) is 0 Å². The third-order valence-electron chi connectivity index (χ3n) is 4.51. The van der Waals surface area contributed by atoms with Gasteiger partial charge in [-0.05, 0) is 51.2 Å². The predicted molar refractivity (Wildman–Crippen MR) is 86.8 cm³/mol. The molecule has 1 aliphatic heterocycles. The van der Waals surface area contributed by atoms with Crippen LogP contribution in [0.2, 0.25) is 0 Å².